The van der Waals surface area contributed by atoms with Crippen LogP contribution in [0.5, 0.6) is 0 Å². The Morgan fingerprint density at radius 1 is 1.14 bits per heavy atom. The van der Waals surface area contributed by atoms with E-state index in [-0.39, 0.29) is 24.7 Å². The van der Waals surface area contributed by atoms with Gasteiger partial charge in [-0.05, 0) is 49.2 Å². The first-order valence-electron chi connectivity index (χ1n) is 8.87. The Bertz CT molecular complexity index is 974. The molecular weight excluding hydrogens is 418 g/mol. The Hall–Kier alpha value is -1.61. The number of halogens is 1. The molecule has 0 N–H and O–H groups in total. The van der Waals surface area contributed by atoms with E-state index in [1.165, 1.54) is 16.1 Å². The molecule has 0 spiro atoms. The molecule has 0 saturated carbocycles. The molecule has 0 atom stereocenters. The van der Waals surface area contributed by atoms with Crippen LogP contribution in [0.2, 0.25) is 5.02 Å². The molecule has 0 aliphatic carbocycles. The van der Waals surface area contributed by atoms with Crippen molar-refractivity contribution in [2.45, 2.75) is 23.8 Å². The second-order valence-corrected chi connectivity index (χ2v) is 9.92. The molecule has 1 aromatic carbocycles. The molecule has 1 amide bonds. The summed E-state index contributed by atoms with van der Waals surface area (Å²) in [6, 6.07) is 8.64. The smallest absolute Gasteiger partial charge is 0.243 e. The quantitative estimate of drug-likeness (QED) is 0.670. The fourth-order valence-electron chi connectivity index (χ4n) is 2.90. The monoisotopic (exact) mass is 439 g/mol. The highest BCUT2D eigenvalue weighted by atomic mass is 35.5. The van der Waals surface area contributed by atoms with Crippen LogP contribution in [0.3, 0.4) is 0 Å². The van der Waals surface area contributed by atoms with Crippen molar-refractivity contribution in [1.29, 1.82) is 0 Å². The van der Waals surface area contributed by atoms with Crippen LogP contribution in [0, 0.1) is 13.8 Å². The number of hydrogen-bond donors (Lipinski definition) is 0. The van der Waals surface area contributed by atoms with Crippen LogP contribution in [-0.4, -0.2) is 60.4 Å². The number of carbonyl (C=O) groups excluding carboxylic acids is 1. The topological polar surface area (TPSA) is 70.6 Å². The van der Waals surface area contributed by atoms with Gasteiger partial charge in [-0.15, -0.1) is 0 Å². The Morgan fingerprint density at radius 3 is 2.50 bits per heavy atom. The molecule has 2 aromatic rings. The third-order valence-corrected chi connectivity index (χ3v) is 8.07. The number of aryl methyl sites for hydroxylation is 2. The zero-order valence-electron chi connectivity index (χ0n) is 15.8. The van der Waals surface area contributed by atoms with Gasteiger partial charge in [0, 0.05) is 32.4 Å². The van der Waals surface area contributed by atoms with Crippen LogP contribution in [-0.2, 0) is 14.8 Å². The molecule has 1 saturated heterocycles. The highest BCUT2D eigenvalue weighted by Crippen LogP contribution is 2.25. The van der Waals surface area contributed by atoms with Gasteiger partial charge in [-0.1, -0.05) is 29.4 Å². The molecule has 1 fully saturated rings. The standard InChI is InChI=1S/C19H22ClN3O3S2/c1-14-5-6-16(12-15(14)2)28(25,26)23-10-8-22(9-11-23)18(24)13-27-19-17(20)4-3-7-21-19/h3-7,12H,8-11,13H2,1-2H3. The molecule has 1 aromatic heterocycles. The number of sulfonamides is 1. The summed E-state index contributed by atoms with van der Waals surface area (Å²) in [5.41, 5.74) is 2.00. The number of nitrogens with zero attached hydrogens (tertiary/aromatic N) is 3. The van der Waals surface area contributed by atoms with E-state index < -0.39 is 10.0 Å². The molecule has 150 valence electrons. The summed E-state index contributed by atoms with van der Waals surface area (Å²) < 4.78 is 27.2. The number of rotatable bonds is 5. The molecule has 0 radical (unpaired) electrons. The number of thioether (sulfide) groups is 1. The third kappa shape index (κ3) is 4.68. The first-order valence-corrected chi connectivity index (χ1v) is 11.7. The Kier molecular flexibility index (Phi) is 6.65. The van der Waals surface area contributed by atoms with Crippen LogP contribution >= 0.6 is 23.4 Å². The average Bonchev–Trinajstić information content (AvgIpc) is 2.69. The Morgan fingerprint density at radius 2 is 1.86 bits per heavy atom. The molecule has 1 aliphatic rings. The van der Waals surface area contributed by atoms with Crippen LogP contribution < -0.4 is 0 Å². The van der Waals surface area contributed by atoms with Crippen molar-refractivity contribution in [2.75, 3.05) is 31.9 Å². The van der Waals surface area contributed by atoms with E-state index in [2.05, 4.69) is 4.98 Å². The second kappa shape index (κ2) is 8.82. The van der Waals surface area contributed by atoms with Crippen molar-refractivity contribution in [3.63, 3.8) is 0 Å². The second-order valence-electron chi connectivity index (χ2n) is 6.61. The summed E-state index contributed by atoms with van der Waals surface area (Å²) >= 11 is 7.35. The highest BCUT2D eigenvalue weighted by Gasteiger charge is 2.30. The van der Waals surface area contributed by atoms with E-state index in [0.29, 0.717) is 28.0 Å². The zero-order chi connectivity index (χ0) is 20.3. The number of pyridine rings is 1. The van der Waals surface area contributed by atoms with E-state index in [1.807, 2.05) is 19.9 Å². The maximum absolute atomic E-state index is 12.9. The van der Waals surface area contributed by atoms with Crippen molar-refractivity contribution in [3.8, 4) is 0 Å². The number of carbonyl (C=O) groups is 1. The lowest BCUT2D eigenvalue weighted by atomic mass is 10.1. The minimum Gasteiger partial charge on any atom is -0.339 e. The molecule has 28 heavy (non-hydrogen) atoms. The van der Waals surface area contributed by atoms with Crippen LogP contribution in [0.25, 0.3) is 0 Å². The van der Waals surface area contributed by atoms with Crippen LogP contribution in [0.15, 0.2) is 46.5 Å². The number of piperazine rings is 1. The van der Waals surface area contributed by atoms with Gasteiger partial charge < -0.3 is 4.90 Å². The first kappa shape index (κ1) is 21.1. The van der Waals surface area contributed by atoms with E-state index in [4.69, 9.17) is 11.6 Å². The van der Waals surface area contributed by atoms with E-state index >= 15 is 0 Å². The molecule has 1 aliphatic heterocycles. The van der Waals surface area contributed by atoms with Gasteiger partial charge in [-0.2, -0.15) is 4.31 Å². The lowest BCUT2D eigenvalue weighted by molar-refractivity contribution is -0.129. The molecule has 9 heteroatoms. The minimum atomic E-state index is -3.55. The predicted molar refractivity (Wildman–Crippen MR) is 111 cm³/mol. The van der Waals surface area contributed by atoms with Gasteiger partial charge in [-0.3, -0.25) is 4.79 Å². The van der Waals surface area contributed by atoms with Gasteiger partial charge in [0.1, 0.15) is 5.03 Å². The molecule has 0 bridgehead atoms. The maximum Gasteiger partial charge on any atom is 0.243 e. The highest BCUT2D eigenvalue weighted by molar-refractivity contribution is 8.00. The summed E-state index contributed by atoms with van der Waals surface area (Å²) in [4.78, 5) is 18.6. The maximum atomic E-state index is 12.9. The van der Waals surface area contributed by atoms with Crippen LogP contribution in [0.1, 0.15) is 11.1 Å². The van der Waals surface area contributed by atoms with E-state index in [9.17, 15) is 13.2 Å². The van der Waals surface area contributed by atoms with Crippen molar-refractivity contribution in [1.82, 2.24) is 14.2 Å². The van der Waals surface area contributed by atoms with Crippen molar-refractivity contribution in [2.24, 2.45) is 0 Å². The van der Waals surface area contributed by atoms with Gasteiger partial charge in [0.05, 0.1) is 15.7 Å². The summed E-state index contributed by atoms with van der Waals surface area (Å²) in [7, 11) is -3.55. The zero-order valence-corrected chi connectivity index (χ0v) is 18.1. The van der Waals surface area contributed by atoms with Gasteiger partial charge in [0.25, 0.3) is 0 Å². The van der Waals surface area contributed by atoms with Gasteiger partial charge in [0.2, 0.25) is 15.9 Å². The number of benzene rings is 1. The van der Waals surface area contributed by atoms with Crippen LogP contribution in [0.4, 0.5) is 0 Å². The predicted octanol–water partition coefficient (Wildman–Crippen LogP) is 2.98. The summed E-state index contributed by atoms with van der Waals surface area (Å²) in [5.74, 6) is 0.177. The van der Waals surface area contributed by atoms with Crippen molar-refractivity contribution < 1.29 is 13.2 Å². The Labute approximate surface area is 174 Å². The third-order valence-electron chi connectivity index (χ3n) is 4.76. The molecule has 3 rings (SSSR count). The first-order chi connectivity index (χ1) is 13.3. The van der Waals surface area contributed by atoms with Gasteiger partial charge >= 0.3 is 0 Å². The number of aromatic nitrogens is 1. The van der Waals surface area contributed by atoms with E-state index in [0.717, 1.165) is 11.1 Å². The summed E-state index contributed by atoms with van der Waals surface area (Å²) in [6.07, 6.45) is 1.63. The summed E-state index contributed by atoms with van der Waals surface area (Å²) in [6.45, 7) is 5.17. The lowest BCUT2D eigenvalue weighted by Gasteiger charge is -2.34. The number of amides is 1. The minimum absolute atomic E-state index is 0.0463. The molecule has 6 nitrogen and oxygen atoms in total. The van der Waals surface area contributed by atoms with Gasteiger partial charge in [-0.25, -0.2) is 13.4 Å². The molecular formula is C19H22ClN3O3S2. The lowest BCUT2D eigenvalue weighted by Crippen LogP contribution is -2.51. The van der Waals surface area contributed by atoms with Gasteiger partial charge in [0.15, 0.2) is 0 Å². The van der Waals surface area contributed by atoms with Crippen molar-refractivity contribution >= 4 is 39.3 Å². The summed E-state index contributed by atoms with van der Waals surface area (Å²) in [5, 5.41) is 1.14. The largest absolute Gasteiger partial charge is 0.339 e. The average molecular weight is 440 g/mol. The fraction of sp³-hybridized carbons (Fsp3) is 0.368. The molecule has 2 heterocycles. The van der Waals surface area contributed by atoms with E-state index in [1.54, 1.807) is 35.4 Å². The SMILES string of the molecule is Cc1ccc(S(=O)(=O)N2CCN(C(=O)CSc3ncccc3Cl)CC2)cc1C. The number of hydrogen-bond acceptors (Lipinski definition) is 5. The van der Waals surface area contributed by atoms with Crippen molar-refractivity contribution in [3.05, 3.63) is 52.7 Å². The molecule has 0 unspecified atom stereocenters. The Balaban J connectivity index is 1.58. The normalized spacial score (nSPS) is 15.6. The fourth-order valence-corrected chi connectivity index (χ4v) is 5.48.